The van der Waals surface area contributed by atoms with Gasteiger partial charge in [0.05, 0.1) is 17.7 Å². The Morgan fingerprint density at radius 1 is 1.11 bits per heavy atom. The van der Waals surface area contributed by atoms with Gasteiger partial charge in [0.1, 0.15) is 17.0 Å². The average molecular weight is 520 g/mol. The molecule has 3 atom stereocenters. The molecular weight excluding hydrogens is 490 g/mol. The van der Waals surface area contributed by atoms with E-state index in [4.69, 9.17) is 5.73 Å². The van der Waals surface area contributed by atoms with Gasteiger partial charge in [-0.15, -0.1) is 0 Å². The van der Waals surface area contributed by atoms with Gasteiger partial charge in [-0.05, 0) is 75.4 Å². The Hall–Kier alpha value is -3.53. The molecule has 0 saturated carbocycles. The Bertz CT molecular complexity index is 1260. The van der Waals surface area contributed by atoms with Crippen molar-refractivity contribution in [1.82, 2.24) is 10.3 Å². The van der Waals surface area contributed by atoms with Crippen molar-refractivity contribution in [3.8, 4) is 0 Å². The van der Waals surface area contributed by atoms with E-state index in [9.17, 15) is 32.3 Å². The molecular formula is C27H29F4N3O3. The maximum absolute atomic E-state index is 14.0. The number of hydrogen-bond acceptors (Lipinski definition) is 4. The van der Waals surface area contributed by atoms with Gasteiger partial charge in [-0.2, -0.15) is 0 Å². The van der Waals surface area contributed by atoms with Crippen molar-refractivity contribution in [3.63, 3.8) is 0 Å². The van der Waals surface area contributed by atoms with Crippen LogP contribution < -0.4 is 11.1 Å². The summed E-state index contributed by atoms with van der Waals surface area (Å²) in [6.45, 7) is 2.74. The Balaban J connectivity index is 1.83. The van der Waals surface area contributed by atoms with Crippen LogP contribution >= 0.6 is 0 Å². The van der Waals surface area contributed by atoms with Gasteiger partial charge in [-0.25, -0.2) is 17.6 Å². The van der Waals surface area contributed by atoms with Gasteiger partial charge in [0.15, 0.2) is 11.6 Å². The van der Waals surface area contributed by atoms with E-state index in [1.807, 2.05) is 0 Å². The summed E-state index contributed by atoms with van der Waals surface area (Å²) in [4.78, 5) is 28.9. The monoisotopic (exact) mass is 519 g/mol. The van der Waals surface area contributed by atoms with Crippen molar-refractivity contribution in [2.45, 2.75) is 57.3 Å². The number of pyridine rings is 1. The molecule has 3 rings (SSSR count). The molecule has 0 aliphatic heterocycles. The predicted molar refractivity (Wildman–Crippen MR) is 131 cm³/mol. The highest BCUT2D eigenvalue weighted by molar-refractivity contribution is 5.97. The number of benzene rings is 2. The van der Waals surface area contributed by atoms with E-state index in [0.29, 0.717) is 5.56 Å². The van der Waals surface area contributed by atoms with Crippen LogP contribution in [0.2, 0.25) is 0 Å². The molecule has 0 unspecified atom stereocenters. The second-order valence-corrected chi connectivity index (χ2v) is 9.73. The number of aliphatic hydroxyl groups excluding tert-OH is 1. The first kappa shape index (κ1) is 28.0. The zero-order valence-corrected chi connectivity index (χ0v) is 20.5. The van der Waals surface area contributed by atoms with Gasteiger partial charge in [0, 0.05) is 17.5 Å². The van der Waals surface area contributed by atoms with Crippen LogP contribution in [0.15, 0.2) is 48.7 Å². The van der Waals surface area contributed by atoms with Crippen molar-refractivity contribution in [2.75, 3.05) is 0 Å². The molecule has 1 aromatic heterocycles. The zero-order chi connectivity index (χ0) is 27.3. The number of halogens is 4. The summed E-state index contributed by atoms with van der Waals surface area (Å²) in [6.07, 6.45) is -0.107. The number of nitrogens with one attached hydrogen (secondary N) is 1. The third-order valence-corrected chi connectivity index (χ3v) is 6.17. The fourth-order valence-corrected chi connectivity index (χ4v) is 4.02. The summed E-state index contributed by atoms with van der Waals surface area (Å²) in [6, 6.07) is 8.04. The Labute approximate surface area is 211 Å². The molecule has 198 valence electrons. The Morgan fingerprint density at radius 2 is 1.78 bits per heavy atom. The van der Waals surface area contributed by atoms with E-state index in [1.165, 1.54) is 50.2 Å². The number of aromatic nitrogens is 1. The summed E-state index contributed by atoms with van der Waals surface area (Å²) < 4.78 is 54.8. The lowest BCUT2D eigenvalue weighted by Crippen LogP contribution is -2.46. The number of amides is 2. The number of carbonyl (C=O) groups is 2. The second-order valence-electron chi connectivity index (χ2n) is 9.73. The van der Waals surface area contributed by atoms with E-state index in [-0.39, 0.29) is 42.1 Å². The van der Waals surface area contributed by atoms with Crippen LogP contribution in [-0.4, -0.2) is 39.7 Å². The van der Waals surface area contributed by atoms with Gasteiger partial charge in [0.25, 0.3) is 5.91 Å². The molecule has 2 amide bonds. The molecule has 0 spiro atoms. The number of rotatable bonds is 11. The van der Waals surface area contributed by atoms with Crippen LogP contribution in [0.5, 0.6) is 0 Å². The number of nitrogens with two attached hydrogens (primary N) is 1. The third-order valence-electron chi connectivity index (χ3n) is 6.17. The minimum absolute atomic E-state index is 0.0282. The molecule has 0 radical (unpaired) electrons. The summed E-state index contributed by atoms with van der Waals surface area (Å²) in [5, 5.41) is 13.9. The molecule has 2 aromatic carbocycles. The number of alkyl halides is 1. The summed E-state index contributed by atoms with van der Waals surface area (Å²) in [5.41, 5.74) is 4.34. The van der Waals surface area contributed by atoms with Gasteiger partial charge in [0.2, 0.25) is 5.91 Å². The fraction of sp³-hybridized carbons (Fsp3) is 0.370. The topological polar surface area (TPSA) is 105 Å². The van der Waals surface area contributed by atoms with Crippen molar-refractivity contribution >= 4 is 22.7 Å². The zero-order valence-electron chi connectivity index (χ0n) is 20.5. The molecule has 0 aliphatic carbocycles. The largest absolute Gasteiger partial charge is 0.391 e. The lowest BCUT2D eigenvalue weighted by molar-refractivity contribution is -0.123. The molecule has 0 aliphatic rings. The Kier molecular flexibility index (Phi) is 8.85. The number of nitrogens with zero attached hydrogens (tertiary/aromatic N) is 1. The molecule has 3 aromatic rings. The van der Waals surface area contributed by atoms with Crippen LogP contribution in [0, 0.1) is 23.4 Å². The first-order valence-corrected chi connectivity index (χ1v) is 11.8. The van der Waals surface area contributed by atoms with Crippen LogP contribution in [-0.2, 0) is 11.2 Å². The quantitative estimate of drug-likeness (QED) is 0.327. The van der Waals surface area contributed by atoms with Crippen LogP contribution in [0.1, 0.15) is 49.0 Å². The van der Waals surface area contributed by atoms with Gasteiger partial charge >= 0.3 is 0 Å². The maximum Gasteiger partial charge on any atom is 0.253 e. The smallest absolute Gasteiger partial charge is 0.253 e. The average Bonchev–Trinajstić information content (AvgIpc) is 2.83. The highest BCUT2D eigenvalue weighted by Gasteiger charge is 2.29. The maximum atomic E-state index is 14.0. The molecule has 0 saturated heterocycles. The van der Waals surface area contributed by atoms with Crippen LogP contribution in [0.25, 0.3) is 10.9 Å². The molecule has 37 heavy (non-hydrogen) atoms. The summed E-state index contributed by atoms with van der Waals surface area (Å²) >= 11 is 0. The number of fused-ring (bicyclic) bond motifs is 1. The highest BCUT2D eigenvalue weighted by atomic mass is 19.2. The minimum atomic E-state index is -1.54. The van der Waals surface area contributed by atoms with Gasteiger partial charge in [-0.3, -0.25) is 14.6 Å². The SMILES string of the molecule is CC(C)(F)CC[C@H](C[C@H](O)[C@H](Cc1ccc(F)cc1)NC(=O)c1cnc2c(F)c(F)ccc2c1)C(N)=O. The first-order valence-electron chi connectivity index (χ1n) is 11.8. The van der Waals surface area contributed by atoms with E-state index in [0.717, 1.165) is 12.3 Å². The lowest BCUT2D eigenvalue weighted by atomic mass is 9.88. The summed E-state index contributed by atoms with van der Waals surface area (Å²) in [7, 11) is 0. The third kappa shape index (κ3) is 7.72. The van der Waals surface area contributed by atoms with Gasteiger partial charge < -0.3 is 16.2 Å². The van der Waals surface area contributed by atoms with Gasteiger partial charge in [-0.1, -0.05) is 12.1 Å². The van der Waals surface area contributed by atoms with Crippen molar-refractivity contribution < 1.29 is 32.3 Å². The number of carbonyl (C=O) groups excluding carboxylic acids is 2. The standard InChI is InChI=1S/C27H29F4N3O3/c1-27(2,31)10-9-17(25(32)36)13-22(35)21(11-15-3-6-19(28)7-4-15)34-26(37)18-12-16-5-8-20(29)23(30)24(16)33-14-18/h3-8,12,14,17,21-22,35H,9-11,13H2,1-2H3,(H2,32,36)(H,34,37)/t17-,21+,22+/m1/s1. The van der Waals surface area contributed by atoms with Crippen molar-refractivity contribution in [3.05, 3.63) is 77.2 Å². The van der Waals surface area contributed by atoms with E-state index in [1.54, 1.807) is 0 Å². The van der Waals surface area contributed by atoms with E-state index in [2.05, 4.69) is 10.3 Å². The molecule has 4 N–H and O–H groups in total. The normalized spacial score (nSPS) is 14.2. The summed E-state index contributed by atoms with van der Waals surface area (Å²) in [5.74, 6) is -4.88. The van der Waals surface area contributed by atoms with Crippen molar-refractivity contribution in [1.29, 1.82) is 0 Å². The first-order chi connectivity index (χ1) is 17.3. The van der Waals surface area contributed by atoms with Crippen LogP contribution in [0.3, 0.4) is 0 Å². The molecule has 0 fully saturated rings. The number of aliphatic hydroxyl groups is 1. The lowest BCUT2D eigenvalue weighted by Gasteiger charge is -2.27. The minimum Gasteiger partial charge on any atom is -0.391 e. The molecule has 10 heteroatoms. The molecule has 1 heterocycles. The van der Waals surface area contributed by atoms with E-state index < -0.39 is 53.0 Å². The highest BCUT2D eigenvalue weighted by Crippen LogP contribution is 2.24. The molecule has 6 nitrogen and oxygen atoms in total. The Morgan fingerprint density at radius 3 is 2.41 bits per heavy atom. The van der Waals surface area contributed by atoms with Crippen molar-refractivity contribution in [2.24, 2.45) is 11.7 Å². The fourth-order valence-electron chi connectivity index (χ4n) is 4.02. The predicted octanol–water partition coefficient (Wildman–Crippen LogP) is 4.37. The van der Waals surface area contributed by atoms with Crippen LogP contribution in [0.4, 0.5) is 17.6 Å². The molecule has 0 bridgehead atoms. The number of hydrogen-bond donors (Lipinski definition) is 3. The second kappa shape index (κ2) is 11.7. The van der Waals surface area contributed by atoms with E-state index >= 15 is 0 Å². The number of primary amides is 1.